The minimum absolute atomic E-state index is 0.0611. The van der Waals surface area contributed by atoms with Gasteiger partial charge in [-0.05, 0) is 67.7 Å². The molecule has 0 aromatic heterocycles. The predicted molar refractivity (Wildman–Crippen MR) is 129 cm³/mol. The van der Waals surface area contributed by atoms with Gasteiger partial charge in [-0.25, -0.2) is 0 Å². The largest absolute Gasteiger partial charge is 0.402 e. The van der Waals surface area contributed by atoms with E-state index < -0.39 is 19.3 Å². The zero-order valence-corrected chi connectivity index (χ0v) is 21.0. The Bertz CT molecular complexity index is 1020. The summed E-state index contributed by atoms with van der Waals surface area (Å²) in [5, 5.41) is 25.1. The Hall–Kier alpha value is -1.92. The summed E-state index contributed by atoms with van der Waals surface area (Å²) in [6.45, 7) is 6.11. The summed E-state index contributed by atoms with van der Waals surface area (Å²) in [5.41, 5.74) is 2.47. The van der Waals surface area contributed by atoms with Gasteiger partial charge in [0.2, 0.25) is 0 Å². The van der Waals surface area contributed by atoms with E-state index in [0.29, 0.717) is 23.0 Å². The summed E-state index contributed by atoms with van der Waals surface area (Å²) in [5.74, 6) is 0.463. The number of anilines is 1. The van der Waals surface area contributed by atoms with Crippen LogP contribution in [0.1, 0.15) is 42.3 Å². The molecule has 3 rings (SSSR count). The molecule has 9 heteroatoms. The van der Waals surface area contributed by atoms with Crippen molar-refractivity contribution >= 4 is 47.2 Å². The molecule has 6 nitrogen and oxygen atoms in total. The molecule has 2 atom stereocenters. The average molecular weight is 523 g/mol. The molecule has 0 amide bonds. The molecule has 1 unspecified atom stereocenters. The first-order chi connectivity index (χ1) is 14.6. The highest BCUT2D eigenvalue weighted by molar-refractivity contribution is 9.10. The van der Waals surface area contributed by atoms with E-state index in [9.17, 15) is 15.4 Å². The number of nitro benzene ring substituents is 1. The van der Waals surface area contributed by atoms with Crippen LogP contribution in [0.15, 0.2) is 40.9 Å². The highest BCUT2D eigenvalue weighted by Gasteiger charge is 2.33. The van der Waals surface area contributed by atoms with Gasteiger partial charge in [0.25, 0.3) is 5.69 Å². The number of nitro groups is 1. The van der Waals surface area contributed by atoms with Crippen molar-refractivity contribution in [2.75, 3.05) is 5.32 Å². The van der Waals surface area contributed by atoms with Crippen LogP contribution in [0.25, 0.3) is 0 Å². The quantitative estimate of drug-likeness (QED) is 0.214. The lowest BCUT2D eigenvalue weighted by atomic mass is 9.93. The van der Waals surface area contributed by atoms with Gasteiger partial charge in [0, 0.05) is 22.0 Å². The first kappa shape index (κ1) is 23.7. The van der Waals surface area contributed by atoms with E-state index in [1.54, 1.807) is 6.07 Å². The monoisotopic (exact) mass is 521 g/mol. The van der Waals surface area contributed by atoms with E-state index in [1.165, 1.54) is 17.7 Å². The molecule has 164 valence electrons. The summed E-state index contributed by atoms with van der Waals surface area (Å²) < 4.78 is 7.00. The van der Waals surface area contributed by atoms with E-state index >= 15 is 0 Å². The SMILES string of the molecule is C[Si](C)(C)OC(C#N)C[C@@H](Nc1cc(Cl)ccc1[N+](=O)[O-])c1c(Br)cccc1C1CC1. The molecule has 1 aliphatic rings. The van der Waals surface area contributed by atoms with Gasteiger partial charge in [0.15, 0.2) is 8.32 Å². The van der Waals surface area contributed by atoms with Crippen LogP contribution in [0.5, 0.6) is 0 Å². The fourth-order valence-corrected chi connectivity index (χ4v) is 5.49. The van der Waals surface area contributed by atoms with Crippen LogP contribution >= 0.6 is 27.5 Å². The summed E-state index contributed by atoms with van der Waals surface area (Å²) >= 11 is 9.83. The molecule has 0 saturated heterocycles. The van der Waals surface area contributed by atoms with Gasteiger partial charge < -0.3 is 9.74 Å². The predicted octanol–water partition coefficient (Wildman–Crippen LogP) is 7.18. The van der Waals surface area contributed by atoms with Crippen molar-refractivity contribution in [3.63, 3.8) is 0 Å². The van der Waals surface area contributed by atoms with E-state index in [-0.39, 0.29) is 11.7 Å². The zero-order valence-electron chi connectivity index (χ0n) is 17.7. The van der Waals surface area contributed by atoms with Crippen molar-refractivity contribution in [1.82, 2.24) is 0 Å². The molecule has 1 N–H and O–H groups in total. The number of hydrogen-bond donors (Lipinski definition) is 1. The maximum absolute atomic E-state index is 11.6. The Labute approximate surface area is 197 Å². The Morgan fingerprint density at radius 2 is 2.06 bits per heavy atom. The molecule has 1 fully saturated rings. The Kier molecular flexibility index (Phi) is 7.42. The lowest BCUT2D eigenvalue weighted by Crippen LogP contribution is -2.33. The number of nitrogens with zero attached hydrogens (tertiary/aromatic N) is 2. The summed E-state index contributed by atoms with van der Waals surface area (Å²) in [6.07, 6.45) is 1.94. The van der Waals surface area contributed by atoms with Gasteiger partial charge in [0.05, 0.1) is 17.0 Å². The van der Waals surface area contributed by atoms with Gasteiger partial charge in [-0.2, -0.15) is 5.26 Å². The number of halogens is 2. The third-order valence-corrected chi connectivity index (χ3v) is 6.95. The van der Waals surface area contributed by atoms with Crippen LogP contribution in [0.2, 0.25) is 24.7 Å². The van der Waals surface area contributed by atoms with Crippen molar-refractivity contribution < 1.29 is 9.35 Å². The zero-order chi connectivity index (χ0) is 22.8. The first-order valence-corrected chi connectivity index (χ1v) is 14.7. The first-order valence-electron chi connectivity index (χ1n) is 10.1. The van der Waals surface area contributed by atoms with Gasteiger partial charge >= 0.3 is 0 Å². The molecule has 1 aliphatic carbocycles. The van der Waals surface area contributed by atoms with Gasteiger partial charge in [-0.1, -0.05) is 39.7 Å². The molecule has 0 radical (unpaired) electrons. The number of hydrogen-bond acceptors (Lipinski definition) is 5. The van der Waals surface area contributed by atoms with E-state index in [2.05, 4.69) is 33.4 Å². The fraction of sp³-hybridized carbons (Fsp3) is 0.409. The van der Waals surface area contributed by atoms with Crippen molar-refractivity contribution in [2.24, 2.45) is 0 Å². The second-order valence-corrected chi connectivity index (χ2v) is 14.5. The van der Waals surface area contributed by atoms with Crippen molar-refractivity contribution in [2.45, 2.75) is 57.0 Å². The van der Waals surface area contributed by atoms with Crippen molar-refractivity contribution in [3.05, 3.63) is 67.1 Å². The number of nitrogens with one attached hydrogen (secondary N) is 1. The number of nitriles is 1. The van der Waals surface area contributed by atoms with Gasteiger partial charge in [-0.15, -0.1) is 0 Å². The van der Waals surface area contributed by atoms with Gasteiger partial charge in [0.1, 0.15) is 11.8 Å². The lowest BCUT2D eigenvalue weighted by molar-refractivity contribution is -0.384. The number of rotatable bonds is 9. The second-order valence-electron chi connectivity index (χ2n) is 8.72. The third-order valence-electron chi connectivity index (χ3n) is 5.03. The third kappa shape index (κ3) is 6.29. The van der Waals surface area contributed by atoms with Crippen LogP contribution in [-0.2, 0) is 4.43 Å². The van der Waals surface area contributed by atoms with Gasteiger partial charge in [-0.3, -0.25) is 10.1 Å². The molecule has 2 aromatic rings. The maximum atomic E-state index is 11.6. The van der Waals surface area contributed by atoms with Crippen molar-refractivity contribution in [3.8, 4) is 6.07 Å². The topological polar surface area (TPSA) is 88.2 Å². The molecular formula is C22H25BrClN3O3Si. The molecule has 1 saturated carbocycles. The van der Waals surface area contributed by atoms with Crippen LogP contribution in [0.4, 0.5) is 11.4 Å². The normalized spacial score (nSPS) is 15.7. The van der Waals surface area contributed by atoms with E-state index in [1.807, 2.05) is 31.8 Å². The summed E-state index contributed by atoms with van der Waals surface area (Å²) in [6, 6.07) is 12.4. The molecule has 0 spiro atoms. The fourth-order valence-electron chi connectivity index (χ4n) is 3.66. The molecule has 0 aliphatic heterocycles. The molecule has 0 bridgehead atoms. The van der Waals surface area contributed by atoms with E-state index in [0.717, 1.165) is 22.9 Å². The van der Waals surface area contributed by atoms with Crippen LogP contribution in [0.3, 0.4) is 0 Å². The average Bonchev–Trinajstić information content (AvgIpc) is 3.50. The Morgan fingerprint density at radius 3 is 2.65 bits per heavy atom. The second kappa shape index (κ2) is 9.70. The summed E-state index contributed by atoms with van der Waals surface area (Å²) in [7, 11) is -1.97. The van der Waals surface area contributed by atoms with Crippen molar-refractivity contribution in [1.29, 1.82) is 5.26 Å². The van der Waals surface area contributed by atoms with Crippen LogP contribution < -0.4 is 5.32 Å². The molecular weight excluding hydrogens is 498 g/mol. The minimum atomic E-state index is -1.97. The highest BCUT2D eigenvalue weighted by Crippen LogP contribution is 2.46. The smallest absolute Gasteiger partial charge is 0.292 e. The minimum Gasteiger partial charge on any atom is -0.402 e. The number of benzene rings is 2. The Morgan fingerprint density at radius 1 is 1.35 bits per heavy atom. The molecule has 2 aromatic carbocycles. The summed E-state index contributed by atoms with van der Waals surface area (Å²) in [4.78, 5) is 11.2. The van der Waals surface area contributed by atoms with Crippen LogP contribution in [-0.4, -0.2) is 19.3 Å². The van der Waals surface area contributed by atoms with Crippen LogP contribution in [0, 0.1) is 21.4 Å². The standard InChI is InChI=1S/C22H25BrClN3O3Si/c1-31(2,3)30-16(13-25)12-20(22-17(14-7-8-14)5-4-6-18(22)23)26-19-11-15(24)9-10-21(19)27(28)29/h4-6,9-11,14,16,20,26H,7-8,12H2,1-3H3/t16?,20-/m1/s1. The highest BCUT2D eigenvalue weighted by atomic mass is 79.9. The lowest BCUT2D eigenvalue weighted by Gasteiger charge is -2.29. The molecule has 31 heavy (non-hydrogen) atoms. The molecule has 0 heterocycles. The van der Waals surface area contributed by atoms with E-state index in [4.69, 9.17) is 16.0 Å². The Balaban J connectivity index is 2.05. The maximum Gasteiger partial charge on any atom is 0.292 e.